The third kappa shape index (κ3) is 5.81. The standard InChI is InChI=1S/C16H23N3O3/c1-2-22-16(21)8-10-19(14-6-7-14)12-15(20)18-11-13-5-3-4-9-17-13/h3-5,9,14H,2,6-8,10-12H2,1H3,(H,18,20). The summed E-state index contributed by atoms with van der Waals surface area (Å²) in [7, 11) is 0. The molecule has 1 heterocycles. The molecule has 1 aliphatic carbocycles. The van der Waals surface area contributed by atoms with Crippen LogP contribution in [0.5, 0.6) is 0 Å². The number of nitrogens with one attached hydrogen (secondary N) is 1. The van der Waals surface area contributed by atoms with Crippen LogP contribution >= 0.6 is 0 Å². The molecule has 120 valence electrons. The average Bonchev–Trinajstić information content (AvgIpc) is 3.35. The maximum atomic E-state index is 12.0. The van der Waals surface area contributed by atoms with Crippen molar-refractivity contribution in [1.82, 2.24) is 15.2 Å². The number of nitrogens with zero attached hydrogens (tertiary/aromatic N) is 2. The SMILES string of the molecule is CCOC(=O)CCN(CC(=O)NCc1ccccn1)C1CC1. The van der Waals surface area contributed by atoms with E-state index in [4.69, 9.17) is 4.74 Å². The molecule has 6 nitrogen and oxygen atoms in total. The third-order valence-corrected chi connectivity index (χ3v) is 3.51. The Kier molecular flexibility index (Phi) is 6.33. The van der Waals surface area contributed by atoms with E-state index in [1.807, 2.05) is 18.2 Å². The van der Waals surface area contributed by atoms with Crippen LogP contribution in [0.4, 0.5) is 0 Å². The summed E-state index contributed by atoms with van der Waals surface area (Å²) in [5.41, 5.74) is 0.834. The fraction of sp³-hybridized carbons (Fsp3) is 0.562. The van der Waals surface area contributed by atoms with E-state index < -0.39 is 0 Å². The molecule has 1 N–H and O–H groups in total. The maximum Gasteiger partial charge on any atom is 0.307 e. The molecule has 2 rings (SSSR count). The molecule has 0 atom stereocenters. The quantitative estimate of drug-likeness (QED) is 0.692. The second-order valence-corrected chi connectivity index (χ2v) is 5.35. The van der Waals surface area contributed by atoms with E-state index in [1.165, 1.54) is 0 Å². The summed E-state index contributed by atoms with van der Waals surface area (Å²) in [6, 6.07) is 6.04. The summed E-state index contributed by atoms with van der Waals surface area (Å²) in [5, 5.41) is 2.87. The Hall–Kier alpha value is -1.95. The lowest BCUT2D eigenvalue weighted by Gasteiger charge is -2.20. The molecule has 0 radical (unpaired) electrons. The number of rotatable bonds is 9. The van der Waals surface area contributed by atoms with Crippen molar-refractivity contribution in [1.29, 1.82) is 0 Å². The van der Waals surface area contributed by atoms with Crippen LogP contribution in [0.1, 0.15) is 31.9 Å². The molecular weight excluding hydrogens is 282 g/mol. The molecule has 0 bridgehead atoms. The average molecular weight is 305 g/mol. The van der Waals surface area contributed by atoms with E-state index in [0.29, 0.717) is 38.7 Å². The van der Waals surface area contributed by atoms with Crippen LogP contribution < -0.4 is 5.32 Å². The van der Waals surface area contributed by atoms with Crippen LogP contribution in [0.2, 0.25) is 0 Å². The number of pyridine rings is 1. The molecule has 1 fully saturated rings. The topological polar surface area (TPSA) is 71.5 Å². The summed E-state index contributed by atoms with van der Waals surface area (Å²) in [6.45, 7) is 3.50. The van der Waals surface area contributed by atoms with Crippen molar-refractivity contribution in [2.75, 3.05) is 19.7 Å². The van der Waals surface area contributed by atoms with E-state index in [0.717, 1.165) is 18.5 Å². The fourth-order valence-corrected chi connectivity index (χ4v) is 2.23. The first kappa shape index (κ1) is 16.4. The van der Waals surface area contributed by atoms with E-state index in [9.17, 15) is 9.59 Å². The Morgan fingerprint density at radius 2 is 2.23 bits per heavy atom. The Bertz CT molecular complexity index is 489. The van der Waals surface area contributed by atoms with Gasteiger partial charge in [0.15, 0.2) is 0 Å². The Morgan fingerprint density at radius 3 is 2.86 bits per heavy atom. The van der Waals surface area contributed by atoms with Gasteiger partial charge >= 0.3 is 5.97 Å². The minimum absolute atomic E-state index is 0.0404. The Morgan fingerprint density at radius 1 is 1.41 bits per heavy atom. The number of carbonyl (C=O) groups excluding carboxylic acids is 2. The largest absolute Gasteiger partial charge is 0.466 e. The van der Waals surface area contributed by atoms with Crippen molar-refractivity contribution in [3.05, 3.63) is 30.1 Å². The molecule has 1 aromatic rings. The molecule has 1 amide bonds. The predicted octanol–water partition coefficient (Wildman–Crippen LogP) is 1.12. The first-order valence-corrected chi connectivity index (χ1v) is 7.75. The first-order chi connectivity index (χ1) is 10.7. The third-order valence-electron chi connectivity index (χ3n) is 3.51. The van der Waals surface area contributed by atoms with Gasteiger partial charge in [0.2, 0.25) is 5.91 Å². The predicted molar refractivity (Wildman–Crippen MR) is 81.9 cm³/mol. The smallest absolute Gasteiger partial charge is 0.307 e. The Balaban J connectivity index is 1.73. The summed E-state index contributed by atoms with van der Waals surface area (Å²) in [4.78, 5) is 29.7. The zero-order valence-electron chi connectivity index (χ0n) is 13.0. The summed E-state index contributed by atoms with van der Waals surface area (Å²) < 4.78 is 4.93. The van der Waals surface area contributed by atoms with Gasteiger partial charge in [-0.25, -0.2) is 0 Å². The van der Waals surface area contributed by atoms with Gasteiger partial charge in [-0.1, -0.05) is 6.07 Å². The molecule has 22 heavy (non-hydrogen) atoms. The van der Waals surface area contributed by atoms with Gasteiger partial charge in [0.1, 0.15) is 0 Å². The highest BCUT2D eigenvalue weighted by Crippen LogP contribution is 2.26. The molecule has 1 aromatic heterocycles. The van der Waals surface area contributed by atoms with Crippen LogP contribution in [0, 0.1) is 0 Å². The Labute approximate surface area is 130 Å². The maximum absolute atomic E-state index is 12.0. The van der Waals surface area contributed by atoms with Crippen molar-refractivity contribution in [3.8, 4) is 0 Å². The number of amides is 1. The highest BCUT2D eigenvalue weighted by molar-refractivity contribution is 5.78. The minimum atomic E-state index is -0.206. The van der Waals surface area contributed by atoms with Crippen LogP contribution in [0.25, 0.3) is 0 Å². The molecule has 6 heteroatoms. The van der Waals surface area contributed by atoms with E-state index >= 15 is 0 Å². The van der Waals surface area contributed by atoms with Gasteiger partial charge in [0.05, 0.1) is 31.8 Å². The van der Waals surface area contributed by atoms with Gasteiger partial charge in [-0.2, -0.15) is 0 Å². The van der Waals surface area contributed by atoms with E-state index in [2.05, 4.69) is 15.2 Å². The zero-order valence-corrected chi connectivity index (χ0v) is 13.0. The molecular formula is C16H23N3O3. The van der Waals surface area contributed by atoms with Crippen molar-refractivity contribution >= 4 is 11.9 Å². The molecule has 0 spiro atoms. The van der Waals surface area contributed by atoms with Gasteiger partial charge in [0.25, 0.3) is 0 Å². The van der Waals surface area contributed by atoms with Gasteiger partial charge in [-0.15, -0.1) is 0 Å². The number of esters is 1. The molecule has 0 aliphatic heterocycles. The van der Waals surface area contributed by atoms with Gasteiger partial charge in [-0.05, 0) is 31.9 Å². The lowest BCUT2D eigenvalue weighted by atomic mass is 10.3. The van der Waals surface area contributed by atoms with Gasteiger partial charge in [-0.3, -0.25) is 19.5 Å². The molecule has 0 unspecified atom stereocenters. The summed E-state index contributed by atoms with van der Waals surface area (Å²) >= 11 is 0. The van der Waals surface area contributed by atoms with Crippen LogP contribution in [-0.4, -0.2) is 47.5 Å². The zero-order chi connectivity index (χ0) is 15.8. The van der Waals surface area contributed by atoms with Gasteiger partial charge < -0.3 is 10.1 Å². The van der Waals surface area contributed by atoms with E-state index in [1.54, 1.807) is 13.1 Å². The fourth-order valence-electron chi connectivity index (χ4n) is 2.23. The summed E-state index contributed by atoms with van der Waals surface area (Å²) in [6.07, 6.45) is 4.22. The van der Waals surface area contributed by atoms with E-state index in [-0.39, 0.29) is 11.9 Å². The normalized spacial score (nSPS) is 13.9. The highest BCUT2D eigenvalue weighted by Gasteiger charge is 2.30. The van der Waals surface area contributed by atoms with Crippen molar-refractivity contribution in [2.24, 2.45) is 0 Å². The summed E-state index contributed by atoms with van der Waals surface area (Å²) in [5.74, 6) is -0.247. The van der Waals surface area contributed by atoms with Crippen molar-refractivity contribution in [2.45, 2.75) is 38.8 Å². The lowest BCUT2D eigenvalue weighted by molar-refractivity contribution is -0.143. The second kappa shape index (κ2) is 8.48. The van der Waals surface area contributed by atoms with Crippen LogP contribution in [-0.2, 0) is 20.9 Å². The second-order valence-electron chi connectivity index (χ2n) is 5.35. The van der Waals surface area contributed by atoms with Crippen molar-refractivity contribution < 1.29 is 14.3 Å². The highest BCUT2D eigenvalue weighted by atomic mass is 16.5. The minimum Gasteiger partial charge on any atom is -0.466 e. The van der Waals surface area contributed by atoms with Crippen molar-refractivity contribution in [3.63, 3.8) is 0 Å². The number of hydrogen-bond donors (Lipinski definition) is 1. The molecule has 1 saturated carbocycles. The molecule has 0 saturated heterocycles. The lowest BCUT2D eigenvalue weighted by Crippen LogP contribution is -2.39. The number of aromatic nitrogens is 1. The number of carbonyl (C=O) groups is 2. The van der Waals surface area contributed by atoms with Crippen LogP contribution in [0.15, 0.2) is 24.4 Å². The van der Waals surface area contributed by atoms with Crippen LogP contribution in [0.3, 0.4) is 0 Å². The molecule has 1 aliphatic rings. The first-order valence-electron chi connectivity index (χ1n) is 7.75. The number of ether oxygens (including phenoxy) is 1. The number of hydrogen-bond acceptors (Lipinski definition) is 5. The monoisotopic (exact) mass is 305 g/mol. The molecule has 0 aromatic carbocycles. The van der Waals surface area contributed by atoms with Gasteiger partial charge in [0, 0.05) is 18.8 Å².